The molecule has 1 saturated heterocycles. The van der Waals surface area contributed by atoms with Crippen LogP contribution < -0.4 is 0 Å². The second kappa shape index (κ2) is 22.8. The first-order valence-electron chi connectivity index (χ1n) is 17.7. The van der Waals surface area contributed by atoms with Gasteiger partial charge in [-0.15, -0.1) is 17.0 Å². The third-order valence-corrected chi connectivity index (χ3v) is 9.72. The van der Waals surface area contributed by atoms with Gasteiger partial charge in [0.2, 0.25) is 5.60 Å². The van der Waals surface area contributed by atoms with Crippen LogP contribution >= 0.6 is 17.0 Å². The van der Waals surface area contributed by atoms with Crippen LogP contribution in [0.2, 0.25) is 0 Å². The van der Waals surface area contributed by atoms with Crippen LogP contribution in [0.15, 0.2) is 30.3 Å². The Kier molecular flexibility index (Phi) is 21.5. The Bertz CT molecular complexity index is 908. The third kappa shape index (κ3) is 14.0. The first-order chi connectivity index (χ1) is 20.4. The zero-order chi connectivity index (χ0) is 30.1. The van der Waals surface area contributed by atoms with E-state index in [4.69, 9.17) is 9.47 Å². The van der Waals surface area contributed by atoms with Gasteiger partial charge in [0.05, 0.1) is 20.6 Å². The van der Waals surface area contributed by atoms with E-state index in [1.54, 1.807) is 0 Å². The van der Waals surface area contributed by atoms with Gasteiger partial charge in [-0.3, -0.25) is 4.79 Å². The van der Waals surface area contributed by atoms with E-state index in [-0.39, 0.29) is 64.0 Å². The predicted molar refractivity (Wildman–Crippen MR) is 188 cm³/mol. The topological polar surface area (TPSA) is 52.6 Å². The van der Waals surface area contributed by atoms with E-state index in [0.717, 1.165) is 74.5 Å². The van der Waals surface area contributed by atoms with Crippen molar-refractivity contribution in [2.75, 3.05) is 27.2 Å². The van der Waals surface area contributed by atoms with Crippen LogP contribution in [0.5, 0.6) is 0 Å². The molecular formula is C37H63BrMgNO4+3. The Morgan fingerprint density at radius 1 is 0.773 bits per heavy atom. The molecule has 1 aliphatic carbocycles. The van der Waals surface area contributed by atoms with Crippen molar-refractivity contribution < 1.29 is 23.5 Å². The molecular weight excluding hydrogens is 627 g/mol. The number of likely N-dealkylation sites (N-methyl/N-ethyl adjacent to an activating group) is 1. The number of unbranched alkanes of at least 4 members (excludes halogenated alkanes) is 14. The fraction of sp³-hybridized carbons (Fsp3) is 0.784. The van der Waals surface area contributed by atoms with Gasteiger partial charge in [-0.25, -0.2) is 4.79 Å². The summed E-state index contributed by atoms with van der Waals surface area (Å²) in [5, 5.41) is 0. The van der Waals surface area contributed by atoms with E-state index in [0.29, 0.717) is 6.42 Å². The summed E-state index contributed by atoms with van der Waals surface area (Å²) in [7, 11) is 4.35. The summed E-state index contributed by atoms with van der Waals surface area (Å²) in [6, 6.07) is 9.70. The molecule has 1 aromatic rings. The van der Waals surface area contributed by atoms with Crippen molar-refractivity contribution in [2.45, 2.75) is 153 Å². The van der Waals surface area contributed by atoms with Gasteiger partial charge >= 0.3 is 35.0 Å². The number of halogens is 1. The third-order valence-electron chi connectivity index (χ3n) is 9.72. The van der Waals surface area contributed by atoms with Gasteiger partial charge in [0.25, 0.3) is 0 Å². The summed E-state index contributed by atoms with van der Waals surface area (Å²) in [5.74, 6) is -0.668. The fourth-order valence-electron chi connectivity index (χ4n) is 7.16. The van der Waals surface area contributed by atoms with Gasteiger partial charge < -0.3 is 14.0 Å². The van der Waals surface area contributed by atoms with E-state index in [9.17, 15) is 9.59 Å². The standard InChI is InChI=1S/C37H62NO4.BrH.Mg/c1-4-5-6-7-8-9-10-11-12-13-14-15-16-17-21-28-35(39)42-37(33-26-22-23-27-33,32-24-19-18-20-25-32)36(40)41-34-29-30-38(2,3)31-34;;/h18-20,24-25,33-34H,4-17,21-23,26-31H2,1-3H3;1H;/q+1;;+2. The maximum absolute atomic E-state index is 14.1. The minimum absolute atomic E-state index is 0. The molecule has 2 fully saturated rings. The van der Waals surface area contributed by atoms with Crippen molar-refractivity contribution in [3.8, 4) is 0 Å². The summed E-state index contributed by atoms with van der Waals surface area (Å²) < 4.78 is 13.4. The molecule has 2 aliphatic rings. The maximum Gasteiger partial charge on any atom is 2.00 e. The number of carbonyl (C=O) groups excluding carboxylic acids is 2. The molecule has 7 heteroatoms. The molecule has 246 valence electrons. The Labute approximate surface area is 296 Å². The Hall–Kier alpha value is -0.634. The molecule has 1 saturated carbocycles. The fourth-order valence-corrected chi connectivity index (χ4v) is 7.16. The van der Waals surface area contributed by atoms with Gasteiger partial charge in [-0.1, -0.05) is 140 Å². The number of esters is 2. The predicted octanol–water partition coefficient (Wildman–Crippen LogP) is 9.47. The molecule has 0 aromatic heterocycles. The van der Waals surface area contributed by atoms with Gasteiger partial charge in [0.15, 0.2) is 6.10 Å². The number of ether oxygens (including phenoxy) is 2. The average Bonchev–Trinajstić information content (AvgIpc) is 3.64. The number of hydrogen-bond acceptors (Lipinski definition) is 4. The van der Waals surface area contributed by atoms with Crippen molar-refractivity contribution in [3.05, 3.63) is 35.9 Å². The van der Waals surface area contributed by atoms with Crippen molar-refractivity contribution in [3.63, 3.8) is 0 Å². The summed E-state index contributed by atoms with van der Waals surface area (Å²) in [5.41, 5.74) is -0.581. The minimum atomic E-state index is -1.34. The molecule has 5 nitrogen and oxygen atoms in total. The van der Waals surface area contributed by atoms with Gasteiger partial charge in [0, 0.05) is 24.3 Å². The van der Waals surface area contributed by atoms with Crippen molar-refractivity contribution in [2.24, 2.45) is 5.92 Å². The van der Waals surface area contributed by atoms with Crippen molar-refractivity contribution in [1.29, 1.82) is 0 Å². The van der Waals surface area contributed by atoms with Crippen LogP contribution in [-0.2, 0) is 24.7 Å². The molecule has 3 rings (SSSR count). The molecule has 1 aliphatic heterocycles. The SMILES string of the molecule is Br.CCCCCCCCCCCCCCCCCC(=O)OC(C(=O)OC1CC[N+](C)(C)C1)(c1ccccc1)C1CCCC1.[Mg+2]. The summed E-state index contributed by atoms with van der Waals surface area (Å²) in [4.78, 5) is 27.4. The molecule has 1 aromatic carbocycles. The number of nitrogens with zero attached hydrogens (tertiary/aromatic N) is 1. The zero-order valence-corrected chi connectivity index (χ0v) is 31.6. The van der Waals surface area contributed by atoms with Gasteiger partial charge in [0.1, 0.15) is 6.54 Å². The number of carbonyl (C=O) groups is 2. The number of hydrogen-bond donors (Lipinski definition) is 0. The summed E-state index contributed by atoms with van der Waals surface area (Å²) in [6.45, 7) is 4.06. The number of quaternary nitrogens is 1. The first-order valence-corrected chi connectivity index (χ1v) is 17.7. The summed E-state index contributed by atoms with van der Waals surface area (Å²) >= 11 is 0. The van der Waals surface area contributed by atoms with Gasteiger partial charge in [-0.05, 0) is 19.3 Å². The van der Waals surface area contributed by atoms with E-state index in [1.165, 1.54) is 77.0 Å². The molecule has 2 atom stereocenters. The van der Waals surface area contributed by atoms with Crippen LogP contribution in [0.1, 0.15) is 147 Å². The monoisotopic (exact) mass is 688 g/mol. The van der Waals surface area contributed by atoms with E-state index >= 15 is 0 Å². The van der Waals surface area contributed by atoms with Crippen LogP contribution in [0, 0.1) is 5.92 Å². The van der Waals surface area contributed by atoms with E-state index in [1.807, 2.05) is 30.3 Å². The van der Waals surface area contributed by atoms with Crippen LogP contribution in [0.3, 0.4) is 0 Å². The quantitative estimate of drug-likeness (QED) is 0.0559. The Morgan fingerprint density at radius 3 is 1.75 bits per heavy atom. The van der Waals surface area contributed by atoms with Gasteiger partial charge in [-0.2, -0.15) is 0 Å². The summed E-state index contributed by atoms with van der Waals surface area (Å²) in [6.07, 6.45) is 24.3. The molecule has 1 heterocycles. The van der Waals surface area contributed by atoms with Crippen molar-refractivity contribution >= 4 is 52.0 Å². The molecule has 0 spiro atoms. The second-order valence-corrected chi connectivity index (χ2v) is 13.9. The Balaban J connectivity index is 0.00000484. The molecule has 0 N–H and O–H groups in total. The zero-order valence-electron chi connectivity index (χ0n) is 28.5. The maximum atomic E-state index is 14.1. The molecule has 0 bridgehead atoms. The van der Waals surface area contributed by atoms with Crippen LogP contribution in [0.25, 0.3) is 0 Å². The van der Waals surface area contributed by atoms with E-state index < -0.39 is 5.60 Å². The number of benzene rings is 1. The molecule has 2 unspecified atom stereocenters. The molecule has 0 radical (unpaired) electrons. The number of likely N-dealkylation sites (tertiary alicyclic amines) is 1. The second-order valence-electron chi connectivity index (χ2n) is 13.9. The largest absolute Gasteiger partial charge is 2.00 e. The van der Waals surface area contributed by atoms with Crippen molar-refractivity contribution in [1.82, 2.24) is 0 Å². The Morgan fingerprint density at radius 2 is 1.27 bits per heavy atom. The van der Waals surface area contributed by atoms with Crippen LogP contribution in [-0.4, -0.2) is 72.8 Å². The normalized spacial score (nSPS) is 19.0. The van der Waals surface area contributed by atoms with E-state index in [2.05, 4.69) is 21.0 Å². The minimum Gasteiger partial charge on any atom is -0.453 e. The average molecular weight is 690 g/mol. The smallest absolute Gasteiger partial charge is 0.453 e. The molecule has 0 amide bonds. The number of rotatable bonds is 21. The van der Waals surface area contributed by atoms with Crippen LogP contribution in [0.4, 0.5) is 0 Å². The first kappa shape index (κ1) is 41.4. The molecule has 44 heavy (non-hydrogen) atoms.